The normalized spacial score (nSPS) is 16.0. The number of ether oxygens (including phenoxy) is 2. The van der Waals surface area contributed by atoms with E-state index in [0.717, 1.165) is 0 Å². The van der Waals surface area contributed by atoms with Gasteiger partial charge in [0.05, 0.1) is 0 Å². The van der Waals surface area contributed by atoms with E-state index in [1.807, 2.05) is 13.8 Å². The number of hydrogen-bond acceptors (Lipinski definition) is 4. The molecule has 4 nitrogen and oxygen atoms in total. The standard InChI is InChI=1S/2C3H7O2.Al.2H2/c2*1-3(4)5-2;;;/h2*3H,1-2H3;;2*1H/q2*-1;+2;;. The lowest BCUT2D eigenvalue weighted by Crippen LogP contribution is -2.20. The molecule has 0 aromatic carbocycles. The highest BCUT2D eigenvalue weighted by atomic mass is 27.2. The molecule has 0 bridgehead atoms. The average Bonchev–Trinajstić information content (AvgIpc) is 2.04. The van der Waals surface area contributed by atoms with Gasteiger partial charge in [0.25, 0.3) is 0 Å². The Morgan fingerprint density at radius 2 is 1.36 bits per heavy atom. The molecule has 11 heavy (non-hydrogen) atoms. The van der Waals surface area contributed by atoms with Crippen molar-refractivity contribution in [3.63, 3.8) is 0 Å². The quantitative estimate of drug-likeness (QED) is 0.453. The van der Waals surface area contributed by atoms with Crippen molar-refractivity contribution < 1.29 is 19.9 Å². The molecule has 0 fully saturated rings. The second-order valence-corrected chi connectivity index (χ2v) is 2.71. The van der Waals surface area contributed by atoms with Gasteiger partial charge in [0, 0.05) is 17.1 Å². The zero-order valence-electron chi connectivity index (χ0n) is 7.37. The second kappa shape index (κ2) is 7.04. The van der Waals surface area contributed by atoms with Crippen molar-refractivity contribution >= 4 is 15.9 Å². The first-order valence-electron chi connectivity index (χ1n) is 3.39. The molecule has 2 unspecified atom stereocenters. The molecule has 0 heterocycles. The molecule has 0 aliphatic rings. The summed E-state index contributed by atoms with van der Waals surface area (Å²) < 4.78 is 19.9. The van der Waals surface area contributed by atoms with Crippen LogP contribution in [0.15, 0.2) is 0 Å². The summed E-state index contributed by atoms with van der Waals surface area (Å²) in [4.78, 5) is 0. The van der Waals surface area contributed by atoms with Crippen molar-refractivity contribution in [3.8, 4) is 0 Å². The van der Waals surface area contributed by atoms with Gasteiger partial charge in [0.15, 0.2) is 0 Å². The largest absolute Gasteiger partial charge is 0.671 e. The molecule has 0 saturated carbocycles. The van der Waals surface area contributed by atoms with Crippen molar-refractivity contribution in [2.45, 2.75) is 26.4 Å². The lowest BCUT2D eigenvalue weighted by molar-refractivity contribution is -0.0840. The monoisotopic (exact) mass is 181 g/mol. The summed E-state index contributed by atoms with van der Waals surface area (Å²) in [6.07, 6.45) is -0.400. The van der Waals surface area contributed by atoms with E-state index >= 15 is 0 Å². The van der Waals surface area contributed by atoms with Crippen LogP contribution in [0.1, 0.15) is 16.7 Å². The van der Waals surface area contributed by atoms with Crippen LogP contribution in [0.3, 0.4) is 0 Å². The third-order valence-electron chi connectivity index (χ3n) is 1.16. The zero-order valence-corrected chi connectivity index (χ0v) is 8.52. The Hall–Kier alpha value is 0.372. The third-order valence-corrected chi connectivity index (χ3v) is 2.15. The van der Waals surface area contributed by atoms with Crippen molar-refractivity contribution in [2.24, 2.45) is 0 Å². The fourth-order valence-electron chi connectivity index (χ4n) is 0.300. The Morgan fingerprint density at radius 3 is 1.64 bits per heavy atom. The van der Waals surface area contributed by atoms with Gasteiger partial charge in [-0.1, -0.05) is 0 Å². The van der Waals surface area contributed by atoms with Gasteiger partial charge in [0.2, 0.25) is 0 Å². The maximum atomic E-state index is 5.12. The van der Waals surface area contributed by atoms with E-state index in [0.29, 0.717) is 0 Å². The van der Waals surface area contributed by atoms with Gasteiger partial charge in [-0.2, -0.15) is 0 Å². The van der Waals surface area contributed by atoms with Crippen molar-refractivity contribution in [1.29, 1.82) is 0 Å². The van der Waals surface area contributed by atoms with Gasteiger partial charge in [-0.3, -0.25) is 0 Å². The lowest BCUT2D eigenvalue weighted by atomic mass is 10.8. The van der Waals surface area contributed by atoms with E-state index in [1.165, 1.54) is 0 Å². The Bertz CT molecular complexity index is 88.7. The van der Waals surface area contributed by atoms with Crippen LogP contribution >= 0.6 is 0 Å². The van der Waals surface area contributed by atoms with Crippen molar-refractivity contribution in [3.05, 3.63) is 0 Å². The molecule has 0 amide bonds. The summed E-state index contributed by atoms with van der Waals surface area (Å²) in [6.45, 7) is 3.63. The number of rotatable bonds is 6. The van der Waals surface area contributed by atoms with E-state index in [4.69, 9.17) is 17.1 Å². The van der Waals surface area contributed by atoms with Crippen LogP contribution < -0.4 is 0 Å². The fraction of sp³-hybridized carbons (Fsp3) is 1.00. The first kappa shape index (κ1) is 11.4. The molecular weight excluding hydrogens is 163 g/mol. The zero-order chi connectivity index (χ0) is 8.69. The molecule has 0 N–H and O–H groups in total. The topological polar surface area (TPSA) is 36.9 Å². The fourth-order valence-corrected chi connectivity index (χ4v) is 0.899. The van der Waals surface area contributed by atoms with Gasteiger partial charge in [-0.15, -0.1) is 0 Å². The Kier molecular flexibility index (Phi) is 7.28. The van der Waals surface area contributed by atoms with Crippen LogP contribution in [0.5, 0.6) is 0 Å². The molecule has 5 heteroatoms. The molecule has 2 atom stereocenters. The van der Waals surface area contributed by atoms with Crippen LogP contribution in [0.4, 0.5) is 0 Å². The minimum absolute atomic E-state index is 0. The first-order chi connectivity index (χ1) is 5.20. The van der Waals surface area contributed by atoms with Crippen molar-refractivity contribution in [1.82, 2.24) is 0 Å². The van der Waals surface area contributed by atoms with E-state index in [1.54, 1.807) is 14.2 Å². The number of hydrogen-bond donors (Lipinski definition) is 0. The molecule has 0 aromatic rings. The van der Waals surface area contributed by atoms with Gasteiger partial charge < -0.3 is 17.1 Å². The van der Waals surface area contributed by atoms with Crippen LogP contribution in [0.25, 0.3) is 0 Å². The predicted octanol–water partition coefficient (Wildman–Crippen LogP) is 1.03. The summed E-state index contributed by atoms with van der Waals surface area (Å²) in [5, 5.41) is 0. The van der Waals surface area contributed by atoms with Crippen LogP contribution in [0, 0.1) is 0 Å². The highest BCUT2D eigenvalue weighted by Crippen LogP contribution is 1.92. The minimum atomic E-state index is -0.500. The molecule has 0 aliphatic heterocycles. The molecule has 0 aliphatic carbocycles. The SMILES string of the molecule is COC(C)[O][Al][O]C(C)OC.[HH].[HH]. The molecule has 69 valence electrons. The molecule has 0 saturated heterocycles. The Morgan fingerprint density at radius 1 is 1.00 bits per heavy atom. The Labute approximate surface area is 77.1 Å². The molecule has 1 radical (unpaired) electrons. The van der Waals surface area contributed by atoms with E-state index in [-0.39, 0.29) is 15.4 Å². The first-order valence-corrected chi connectivity index (χ1v) is 4.33. The van der Waals surface area contributed by atoms with E-state index in [2.05, 4.69) is 0 Å². The maximum absolute atomic E-state index is 5.12. The van der Waals surface area contributed by atoms with E-state index in [9.17, 15) is 0 Å². The molecule has 0 rings (SSSR count). The summed E-state index contributed by atoms with van der Waals surface area (Å²) in [5.41, 5.74) is 0. The maximum Gasteiger partial charge on any atom is 0.671 e. The van der Waals surface area contributed by atoms with Gasteiger partial charge in [0.1, 0.15) is 12.6 Å². The lowest BCUT2D eigenvalue weighted by Gasteiger charge is -2.14. The summed E-state index contributed by atoms with van der Waals surface area (Å²) in [6, 6.07) is 0. The van der Waals surface area contributed by atoms with Crippen molar-refractivity contribution in [2.75, 3.05) is 14.2 Å². The predicted molar refractivity (Wildman–Crippen MR) is 45.1 cm³/mol. The number of methoxy groups -OCH3 is 2. The molecular formula is C6H18AlO4. The van der Waals surface area contributed by atoms with Gasteiger partial charge in [-0.05, 0) is 13.8 Å². The third kappa shape index (κ3) is 6.76. The smallest absolute Gasteiger partial charge is 0.461 e. The van der Waals surface area contributed by atoms with Gasteiger partial charge >= 0.3 is 15.9 Å². The van der Waals surface area contributed by atoms with Crippen LogP contribution in [-0.4, -0.2) is 42.7 Å². The highest BCUT2D eigenvalue weighted by Gasteiger charge is 2.06. The second-order valence-electron chi connectivity index (χ2n) is 1.98. The van der Waals surface area contributed by atoms with Crippen LogP contribution in [-0.2, 0) is 17.1 Å². The molecule has 0 spiro atoms. The molecule has 0 aromatic heterocycles. The van der Waals surface area contributed by atoms with Crippen LogP contribution in [0.2, 0.25) is 0 Å². The highest BCUT2D eigenvalue weighted by molar-refractivity contribution is 6.18. The summed E-state index contributed by atoms with van der Waals surface area (Å²) in [5.74, 6) is 0. The summed E-state index contributed by atoms with van der Waals surface area (Å²) >= 11 is -0.500. The summed E-state index contributed by atoms with van der Waals surface area (Å²) in [7, 11) is 3.17. The van der Waals surface area contributed by atoms with Gasteiger partial charge in [-0.25, -0.2) is 0 Å². The Balaban J connectivity index is -0.000000500. The van der Waals surface area contributed by atoms with E-state index < -0.39 is 15.9 Å². The minimum Gasteiger partial charge on any atom is -0.461 e. The average molecular weight is 181 g/mol.